The monoisotopic (exact) mass is 505 g/mol. The zero-order chi connectivity index (χ0) is 24.4. The van der Waals surface area contributed by atoms with Crippen LogP contribution in [0.1, 0.15) is 56.4 Å². The van der Waals surface area contributed by atoms with Crippen LogP contribution in [0.4, 0.5) is 10.5 Å². The summed E-state index contributed by atoms with van der Waals surface area (Å²) in [5, 5.41) is 10.9. The van der Waals surface area contributed by atoms with Crippen LogP contribution < -0.4 is 10.5 Å². The van der Waals surface area contributed by atoms with E-state index in [2.05, 4.69) is 15.1 Å². The van der Waals surface area contributed by atoms with Crippen LogP contribution in [0.15, 0.2) is 10.5 Å². The van der Waals surface area contributed by atoms with Crippen molar-refractivity contribution in [1.82, 2.24) is 20.2 Å². The van der Waals surface area contributed by atoms with Crippen molar-refractivity contribution < 1.29 is 23.5 Å². The fourth-order valence-electron chi connectivity index (χ4n) is 5.26. The van der Waals surface area contributed by atoms with Gasteiger partial charge in [-0.1, -0.05) is 11.6 Å². The zero-order valence-electron chi connectivity index (χ0n) is 20.0. The van der Waals surface area contributed by atoms with Crippen molar-refractivity contribution in [2.75, 3.05) is 45.1 Å². The highest BCUT2D eigenvalue weighted by atomic mass is 35.5. The molecule has 2 saturated heterocycles. The Balaban J connectivity index is 1.18. The zero-order valence-corrected chi connectivity index (χ0v) is 20.8. The van der Waals surface area contributed by atoms with Crippen LogP contribution in [0.5, 0.6) is 5.75 Å². The summed E-state index contributed by atoms with van der Waals surface area (Å²) in [6.45, 7) is 6.08. The van der Waals surface area contributed by atoms with Gasteiger partial charge in [0.05, 0.1) is 29.5 Å². The average molecular weight is 506 g/mol. The number of carbonyl (C=O) groups is 1. The number of rotatable bonds is 5. The fraction of sp³-hybridized carbons (Fsp3) is 0.625. The first-order valence-corrected chi connectivity index (χ1v) is 12.8. The molecule has 0 bridgehead atoms. The van der Waals surface area contributed by atoms with Gasteiger partial charge in [0.25, 0.3) is 5.89 Å². The summed E-state index contributed by atoms with van der Waals surface area (Å²) in [7, 11) is 0. The first-order valence-electron chi connectivity index (χ1n) is 12.4. The molecule has 11 heteroatoms. The molecular formula is C24H32ClN5O5. The van der Waals surface area contributed by atoms with Gasteiger partial charge in [-0.05, 0) is 64.6 Å². The van der Waals surface area contributed by atoms with Crippen molar-refractivity contribution in [3.63, 3.8) is 0 Å². The Morgan fingerprint density at radius 3 is 2.71 bits per heavy atom. The number of likely N-dealkylation sites (tertiary alicyclic amines) is 1. The Hall–Kier alpha value is -2.56. The SMILES string of the molecule is CCOC(=O)ON1CCC(N2CCC(c3nnc(-c4cc(Cl)c(N)c5c4OCCC5)o3)CC2)CC1. The smallest absolute Gasteiger partial charge is 0.492 e. The number of piperidine rings is 2. The van der Waals surface area contributed by atoms with Crippen LogP contribution in [0.2, 0.25) is 5.02 Å². The van der Waals surface area contributed by atoms with Gasteiger partial charge >= 0.3 is 6.16 Å². The van der Waals surface area contributed by atoms with E-state index in [1.807, 2.05) is 0 Å². The molecule has 0 saturated carbocycles. The summed E-state index contributed by atoms with van der Waals surface area (Å²) in [5.41, 5.74) is 8.38. The summed E-state index contributed by atoms with van der Waals surface area (Å²) in [6, 6.07) is 2.25. The number of hydroxylamine groups is 2. The van der Waals surface area contributed by atoms with Crippen molar-refractivity contribution in [3.8, 4) is 17.2 Å². The van der Waals surface area contributed by atoms with Gasteiger partial charge in [-0.25, -0.2) is 4.79 Å². The quantitative estimate of drug-likeness (QED) is 0.471. The lowest BCUT2D eigenvalue weighted by molar-refractivity contribution is -0.145. The molecule has 0 aliphatic carbocycles. The van der Waals surface area contributed by atoms with Crippen LogP contribution in [0, 0.1) is 0 Å². The molecule has 2 N–H and O–H groups in total. The maximum atomic E-state index is 11.5. The maximum absolute atomic E-state index is 11.5. The number of nitrogen functional groups attached to an aromatic ring is 1. The lowest BCUT2D eigenvalue weighted by atomic mass is 9.93. The Morgan fingerprint density at radius 2 is 1.97 bits per heavy atom. The third-order valence-electron chi connectivity index (χ3n) is 7.15. The minimum atomic E-state index is -0.626. The van der Waals surface area contributed by atoms with Gasteiger partial charge in [0.2, 0.25) is 5.89 Å². The van der Waals surface area contributed by atoms with Crippen LogP contribution in [0.3, 0.4) is 0 Å². The molecule has 0 amide bonds. The largest absolute Gasteiger partial charge is 0.527 e. The number of benzene rings is 1. The molecule has 35 heavy (non-hydrogen) atoms. The molecule has 3 aliphatic heterocycles. The molecule has 1 aromatic heterocycles. The molecule has 2 fully saturated rings. The Bertz CT molecular complexity index is 1050. The topological polar surface area (TPSA) is 116 Å². The van der Waals surface area contributed by atoms with E-state index in [0.717, 1.165) is 57.2 Å². The molecular weight excluding hydrogens is 474 g/mol. The van der Waals surface area contributed by atoms with Gasteiger partial charge in [-0.3, -0.25) is 0 Å². The van der Waals surface area contributed by atoms with E-state index >= 15 is 0 Å². The van der Waals surface area contributed by atoms with Gasteiger partial charge in [0.1, 0.15) is 5.75 Å². The first-order chi connectivity index (χ1) is 17.0. The van der Waals surface area contributed by atoms with Crippen LogP contribution in [-0.4, -0.2) is 71.8 Å². The number of fused-ring (bicyclic) bond motifs is 1. The fourth-order valence-corrected chi connectivity index (χ4v) is 5.49. The summed E-state index contributed by atoms with van der Waals surface area (Å²) in [4.78, 5) is 19.3. The predicted molar refractivity (Wildman–Crippen MR) is 129 cm³/mol. The van der Waals surface area contributed by atoms with Crippen molar-refractivity contribution in [3.05, 3.63) is 22.5 Å². The number of aromatic nitrogens is 2. The Labute approximate surface area is 209 Å². The molecule has 5 rings (SSSR count). The molecule has 1 aromatic carbocycles. The van der Waals surface area contributed by atoms with E-state index in [1.165, 1.54) is 0 Å². The van der Waals surface area contributed by atoms with E-state index in [9.17, 15) is 4.79 Å². The van der Waals surface area contributed by atoms with Gasteiger partial charge in [-0.15, -0.1) is 15.3 Å². The average Bonchev–Trinajstić information content (AvgIpc) is 3.37. The van der Waals surface area contributed by atoms with E-state index in [4.69, 9.17) is 36.1 Å². The number of carbonyl (C=O) groups excluding carboxylic acids is 1. The molecule has 190 valence electrons. The highest BCUT2D eigenvalue weighted by molar-refractivity contribution is 6.33. The van der Waals surface area contributed by atoms with E-state index < -0.39 is 6.16 Å². The summed E-state index contributed by atoms with van der Waals surface area (Å²) >= 11 is 6.38. The van der Waals surface area contributed by atoms with E-state index in [0.29, 0.717) is 66.1 Å². The molecule has 0 atom stereocenters. The lowest BCUT2D eigenvalue weighted by Crippen LogP contribution is -2.47. The molecule has 3 aliphatic rings. The summed E-state index contributed by atoms with van der Waals surface area (Å²) < 4.78 is 16.9. The predicted octanol–water partition coefficient (Wildman–Crippen LogP) is 4.03. The standard InChI is InChI=1S/C24H32ClN5O5/c1-2-32-24(31)35-30-11-7-16(8-12-30)29-9-5-15(6-10-29)22-27-28-23(34-22)18-14-19(25)20(26)17-4-3-13-33-21(17)18/h14-16H,2-13,26H2,1H3. The van der Waals surface area contributed by atoms with Gasteiger partial charge < -0.3 is 29.4 Å². The third kappa shape index (κ3) is 5.19. The summed E-state index contributed by atoms with van der Waals surface area (Å²) in [5.74, 6) is 2.02. The Kier molecular flexibility index (Phi) is 7.31. The van der Waals surface area contributed by atoms with Gasteiger partial charge in [-0.2, -0.15) is 0 Å². The van der Waals surface area contributed by atoms with Crippen LogP contribution in [0.25, 0.3) is 11.5 Å². The number of nitrogens with zero attached hydrogens (tertiary/aromatic N) is 4. The molecule has 0 unspecified atom stereocenters. The highest BCUT2D eigenvalue weighted by Gasteiger charge is 2.32. The molecule has 0 radical (unpaired) electrons. The summed E-state index contributed by atoms with van der Waals surface area (Å²) in [6.07, 6.45) is 4.93. The van der Waals surface area contributed by atoms with Gasteiger partial charge in [0.15, 0.2) is 0 Å². The minimum Gasteiger partial charge on any atom is -0.492 e. The van der Waals surface area contributed by atoms with E-state index in [1.54, 1.807) is 18.1 Å². The second-order valence-electron chi connectivity index (χ2n) is 9.27. The molecule has 4 heterocycles. The third-order valence-corrected chi connectivity index (χ3v) is 7.46. The number of nitrogens with two attached hydrogens (primary N) is 1. The lowest BCUT2D eigenvalue weighted by Gasteiger charge is -2.40. The van der Waals surface area contributed by atoms with Crippen molar-refractivity contribution in [1.29, 1.82) is 0 Å². The Morgan fingerprint density at radius 1 is 1.20 bits per heavy atom. The number of hydrogen-bond donors (Lipinski definition) is 1. The second-order valence-corrected chi connectivity index (χ2v) is 9.68. The van der Waals surface area contributed by atoms with Crippen molar-refractivity contribution in [2.45, 2.75) is 57.4 Å². The number of halogens is 1. The van der Waals surface area contributed by atoms with Crippen molar-refractivity contribution >= 4 is 23.4 Å². The highest BCUT2D eigenvalue weighted by Crippen LogP contribution is 2.43. The van der Waals surface area contributed by atoms with Crippen LogP contribution in [-0.2, 0) is 16.0 Å². The molecule has 10 nitrogen and oxygen atoms in total. The van der Waals surface area contributed by atoms with Gasteiger partial charge in [0, 0.05) is 30.6 Å². The number of anilines is 1. The molecule has 0 spiro atoms. The van der Waals surface area contributed by atoms with Crippen molar-refractivity contribution in [2.24, 2.45) is 0 Å². The first kappa shape index (κ1) is 24.1. The minimum absolute atomic E-state index is 0.223. The van der Waals surface area contributed by atoms with E-state index in [-0.39, 0.29) is 5.92 Å². The maximum Gasteiger partial charge on any atom is 0.527 e. The van der Waals surface area contributed by atoms with Crippen LogP contribution >= 0.6 is 11.6 Å². The molecule has 2 aromatic rings. The normalized spacial score (nSPS) is 20.3. The number of hydrogen-bond acceptors (Lipinski definition) is 10. The number of ether oxygens (including phenoxy) is 2. The second kappa shape index (κ2) is 10.6.